The molecule has 0 fully saturated rings. The molecule has 0 heterocycles. The molecule has 6 N–H and O–H groups in total. The second kappa shape index (κ2) is 18.0. The van der Waals surface area contributed by atoms with E-state index in [9.17, 15) is 19.2 Å². The van der Waals surface area contributed by atoms with E-state index in [2.05, 4.69) is 28.1 Å². The predicted octanol–water partition coefficient (Wildman–Crippen LogP) is 11.3. The molecule has 9 nitrogen and oxygen atoms in total. The lowest BCUT2D eigenvalue weighted by atomic mass is 10.1. The molecule has 11 heteroatoms. The van der Waals surface area contributed by atoms with Gasteiger partial charge in [-0.25, -0.2) is 4.79 Å². The number of carboxylic acid groups (broad SMARTS) is 1. The van der Waals surface area contributed by atoms with Crippen molar-refractivity contribution in [1.82, 2.24) is 0 Å². The first-order valence-corrected chi connectivity index (χ1v) is 19.0. The quantitative estimate of drug-likeness (QED) is 0.100. The number of rotatable bonds is 7. The molecule has 1 amide bonds. The number of hydrogen-bond donors (Lipinski definition) is 5. The number of nitrogens with one attached hydrogen (secondary N) is 3. The third kappa shape index (κ3) is 9.70. The Bertz CT molecular complexity index is 2610. The second-order valence-corrected chi connectivity index (χ2v) is 14.4. The predicted molar refractivity (Wildman–Crippen MR) is 231 cm³/mol. The van der Waals surface area contributed by atoms with Crippen molar-refractivity contribution in [3.05, 3.63) is 165 Å². The molecular weight excluding hydrogens is 759 g/mol. The van der Waals surface area contributed by atoms with Crippen LogP contribution < -0.4 is 21.7 Å². The van der Waals surface area contributed by atoms with Crippen LogP contribution in [-0.2, 0) is 9.59 Å². The van der Waals surface area contributed by atoms with Gasteiger partial charge in [-0.1, -0.05) is 96.0 Å². The molecule has 0 spiro atoms. The maximum Gasteiger partial charge on any atom is 0.335 e. The van der Waals surface area contributed by atoms with E-state index in [1.165, 1.54) is 17.5 Å². The fraction of sp³-hybridized carbons (Fsp3) is 0.130. The number of halogens is 2. The number of carbonyl (C=O) groups excluding carboxylic acids is 3. The summed E-state index contributed by atoms with van der Waals surface area (Å²) in [6, 6.07) is 37.3. The Morgan fingerprint density at radius 3 is 1.56 bits per heavy atom. The highest BCUT2D eigenvalue weighted by Gasteiger charge is 2.21. The van der Waals surface area contributed by atoms with Gasteiger partial charge >= 0.3 is 5.97 Å². The lowest BCUT2D eigenvalue weighted by Crippen LogP contribution is -2.12. The maximum absolute atomic E-state index is 12.7. The fourth-order valence-electron chi connectivity index (χ4n) is 6.49. The van der Waals surface area contributed by atoms with Crippen LogP contribution >= 0.6 is 23.2 Å². The second-order valence-electron chi connectivity index (χ2n) is 13.5. The van der Waals surface area contributed by atoms with Crippen LogP contribution in [0.3, 0.4) is 0 Å². The number of carbonyl (C=O) groups is 4. The van der Waals surface area contributed by atoms with Crippen molar-refractivity contribution >= 4 is 90.9 Å². The zero-order chi connectivity index (χ0) is 40.6. The number of ketones is 2. The first-order chi connectivity index (χ1) is 27.4. The third-order valence-corrected chi connectivity index (χ3v) is 10.5. The molecule has 0 bridgehead atoms. The lowest BCUT2D eigenvalue weighted by Gasteiger charge is -2.12. The minimum atomic E-state index is -1.02. The summed E-state index contributed by atoms with van der Waals surface area (Å²) in [5.74, 6) is -0.952. The van der Waals surface area contributed by atoms with Crippen LogP contribution in [0.2, 0.25) is 10.0 Å². The number of benzene rings is 6. The summed E-state index contributed by atoms with van der Waals surface area (Å²) in [4.78, 5) is 46.6. The number of nitrogens with two attached hydrogens (primary N) is 1. The van der Waals surface area contributed by atoms with Crippen molar-refractivity contribution in [2.24, 2.45) is 0 Å². The van der Waals surface area contributed by atoms with Gasteiger partial charge in [-0.15, -0.1) is 0 Å². The van der Waals surface area contributed by atoms with Gasteiger partial charge in [0.1, 0.15) is 0 Å². The van der Waals surface area contributed by atoms with E-state index in [1.807, 2.05) is 79.7 Å². The first kappa shape index (κ1) is 40.2. The minimum Gasteiger partial charge on any atom is -0.478 e. The molecule has 288 valence electrons. The van der Waals surface area contributed by atoms with Gasteiger partial charge in [0.25, 0.3) is 5.91 Å². The summed E-state index contributed by atoms with van der Waals surface area (Å²) >= 11 is 12.4. The molecule has 0 radical (unpaired) electrons. The topological polar surface area (TPSA) is 151 Å². The molecule has 8 rings (SSSR count). The van der Waals surface area contributed by atoms with Crippen LogP contribution in [0.4, 0.5) is 22.7 Å². The van der Waals surface area contributed by atoms with Crippen LogP contribution in [0.15, 0.2) is 144 Å². The monoisotopic (exact) mass is 798 g/mol. The summed E-state index contributed by atoms with van der Waals surface area (Å²) in [6.07, 6.45) is 2.39. The Morgan fingerprint density at radius 2 is 1.05 bits per heavy atom. The van der Waals surface area contributed by atoms with E-state index in [1.54, 1.807) is 31.2 Å². The van der Waals surface area contributed by atoms with Crippen LogP contribution in [-0.4, -0.2) is 28.5 Å². The van der Waals surface area contributed by atoms with Crippen molar-refractivity contribution in [2.75, 3.05) is 21.7 Å². The largest absolute Gasteiger partial charge is 0.478 e. The van der Waals surface area contributed by atoms with Gasteiger partial charge in [0.15, 0.2) is 11.6 Å². The lowest BCUT2D eigenvalue weighted by molar-refractivity contribution is -0.115. The van der Waals surface area contributed by atoms with Crippen molar-refractivity contribution in [3.8, 4) is 0 Å². The number of nitrogen functional groups attached to an aromatic ring is 1. The summed E-state index contributed by atoms with van der Waals surface area (Å²) in [7, 11) is 0. The Labute approximate surface area is 340 Å². The van der Waals surface area contributed by atoms with Crippen LogP contribution in [0, 0.1) is 0 Å². The van der Waals surface area contributed by atoms with E-state index in [4.69, 9.17) is 34.0 Å². The number of aromatic carboxylic acids is 1. The van der Waals surface area contributed by atoms with E-state index in [-0.39, 0.29) is 23.0 Å². The molecule has 2 aliphatic rings. The standard InChI is InChI=1S/C23H19ClN2O2.C13H12ClNO3.C10H9N/c1-14-19(11-12-22(14)27)25-21-10-9-16(13-18(21)24)23(28)26-20-8-4-6-15-5-2-3-7-17(15)20;1-7-10(4-5-12(7)16)15-11-3-2-8(13(17)18)6-9(11)14;11-10-7-3-5-8-4-1-2-6-9(8)10/h2-10,13,25H,11-12H2,1H3,(H,26,28);2-3,6,15H,4-5H2,1H3,(H,17,18);1-7H,11H2. The van der Waals surface area contributed by atoms with Crippen LogP contribution in [0.5, 0.6) is 0 Å². The van der Waals surface area contributed by atoms with Crippen molar-refractivity contribution in [3.63, 3.8) is 0 Å². The number of fused-ring (bicyclic) bond motifs is 2. The molecule has 0 saturated carbocycles. The zero-order valence-electron chi connectivity index (χ0n) is 31.3. The number of anilines is 4. The van der Waals surface area contributed by atoms with Crippen LogP contribution in [0.25, 0.3) is 21.5 Å². The summed E-state index contributed by atoms with van der Waals surface area (Å²) in [5.41, 5.74) is 12.5. The highest BCUT2D eigenvalue weighted by molar-refractivity contribution is 6.34. The summed E-state index contributed by atoms with van der Waals surface area (Å²) in [5, 5.41) is 23.2. The zero-order valence-corrected chi connectivity index (χ0v) is 32.8. The first-order valence-electron chi connectivity index (χ1n) is 18.2. The van der Waals surface area contributed by atoms with Gasteiger partial charge in [-0.3, -0.25) is 14.4 Å². The Hall–Kier alpha value is -6.42. The van der Waals surface area contributed by atoms with Gasteiger partial charge in [-0.05, 0) is 86.0 Å². The highest BCUT2D eigenvalue weighted by Crippen LogP contribution is 2.31. The number of allylic oxidation sites excluding steroid dienone is 4. The smallest absolute Gasteiger partial charge is 0.335 e. The van der Waals surface area contributed by atoms with E-state index < -0.39 is 5.97 Å². The average Bonchev–Trinajstić information content (AvgIpc) is 3.70. The van der Waals surface area contributed by atoms with Gasteiger partial charge in [-0.2, -0.15) is 0 Å². The number of amides is 1. The highest BCUT2D eigenvalue weighted by atomic mass is 35.5. The molecular formula is C46H40Cl2N4O5. The Morgan fingerprint density at radius 1 is 0.579 bits per heavy atom. The number of carboxylic acids is 1. The van der Waals surface area contributed by atoms with E-state index in [0.29, 0.717) is 58.2 Å². The van der Waals surface area contributed by atoms with Crippen molar-refractivity contribution < 1.29 is 24.3 Å². The van der Waals surface area contributed by atoms with Gasteiger partial charge in [0, 0.05) is 63.1 Å². The maximum atomic E-state index is 12.7. The van der Waals surface area contributed by atoms with E-state index in [0.717, 1.165) is 44.5 Å². The van der Waals surface area contributed by atoms with Crippen LogP contribution in [0.1, 0.15) is 60.2 Å². The molecule has 2 aliphatic carbocycles. The molecule has 6 aromatic carbocycles. The summed E-state index contributed by atoms with van der Waals surface area (Å²) < 4.78 is 0. The molecule has 6 aromatic rings. The fourth-order valence-corrected chi connectivity index (χ4v) is 6.94. The number of hydrogen-bond acceptors (Lipinski definition) is 7. The van der Waals surface area contributed by atoms with Gasteiger partial charge < -0.3 is 26.8 Å². The molecule has 57 heavy (non-hydrogen) atoms. The molecule has 0 aromatic heterocycles. The average molecular weight is 800 g/mol. The molecule has 0 atom stereocenters. The third-order valence-electron chi connectivity index (χ3n) is 9.83. The van der Waals surface area contributed by atoms with Gasteiger partial charge in [0.2, 0.25) is 0 Å². The molecule has 0 aliphatic heterocycles. The Balaban J connectivity index is 0.000000161. The minimum absolute atomic E-state index is 0.135. The van der Waals surface area contributed by atoms with Gasteiger partial charge in [0.05, 0.1) is 27.0 Å². The molecule has 0 unspecified atom stereocenters. The SMILES string of the molecule is CC1=C(Nc2ccc(C(=O)Nc3cccc4ccccc34)cc2Cl)CCC1=O.CC1=C(Nc2ccc(C(=O)O)cc2Cl)CCC1=O.Nc1cccc2ccccc12. The summed E-state index contributed by atoms with van der Waals surface area (Å²) in [6.45, 7) is 3.59. The Kier molecular flexibility index (Phi) is 12.7. The number of Topliss-reactive ketones (excluding diaryl/α,β-unsaturated/α-hetero) is 2. The van der Waals surface area contributed by atoms with Crippen molar-refractivity contribution in [1.29, 1.82) is 0 Å². The van der Waals surface area contributed by atoms with E-state index >= 15 is 0 Å². The molecule has 0 saturated heterocycles. The normalized spacial score (nSPS) is 13.5. The van der Waals surface area contributed by atoms with Crippen molar-refractivity contribution in [2.45, 2.75) is 39.5 Å².